The van der Waals surface area contributed by atoms with Crippen molar-refractivity contribution in [1.29, 1.82) is 0 Å². The zero-order valence-electron chi connectivity index (χ0n) is 15.5. The molecule has 6 heteroatoms. The first-order valence-corrected chi connectivity index (χ1v) is 8.68. The van der Waals surface area contributed by atoms with Crippen molar-refractivity contribution < 1.29 is 19.1 Å². The third-order valence-electron chi connectivity index (χ3n) is 4.16. The molecule has 1 fully saturated rings. The zero-order valence-corrected chi connectivity index (χ0v) is 15.5. The Morgan fingerprint density at radius 2 is 1.76 bits per heavy atom. The molecule has 0 spiro atoms. The standard InChI is InChI=1S/C19H28N2O4/c1-19(2,3)25-17(22)20(4)16-10-12-21(13-11-16)18(23)24-14-15-8-6-5-7-9-15/h5-9,16H,10-14H2,1-4H3. The van der Waals surface area contributed by atoms with Crippen molar-refractivity contribution in [3.8, 4) is 0 Å². The Bertz CT molecular complexity index is 575. The monoisotopic (exact) mass is 348 g/mol. The van der Waals surface area contributed by atoms with E-state index in [1.165, 1.54) is 0 Å². The fraction of sp³-hybridized carbons (Fsp3) is 0.579. The maximum atomic E-state index is 12.2. The smallest absolute Gasteiger partial charge is 0.410 e. The second-order valence-corrected chi connectivity index (χ2v) is 7.35. The topological polar surface area (TPSA) is 59.1 Å². The Balaban J connectivity index is 1.76. The van der Waals surface area contributed by atoms with Gasteiger partial charge in [-0.3, -0.25) is 0 Å². The molecule has 138 valence electrons. The van der Waals surface area contributed by atoms with E-state index in [0.29, 0.717) is 13.1 Å². The Kier molecular flexibility index (Phi) is 6.28. The van der Waals surface area contributed by atoms with Crippen LogP contribution in [0.25, 0.3) is 0 Å². The molecule has 1 aliphatic rings. The minimum absolute atomic E-state index is 0.0769. The van der Waals surface area contributed by atoms with E-state index in [4.69, 9.17) is 9.47 Å². The molecule has 0 bridgehead atoms. The van der Waals surface area contributed by atoms with Crippen LogP contribution in [0.2, 0.25) is 0 Å². The molecule has 6 nitrogen and oxygen atoms in total. The molecule has 0 unspecified atom stereocenters. The van der Waals surface area contributed by atoms with Crippen molar-refractivity contribution in [1.82, 2.24) is 9.80 Å². The van der Waals surface area contributed by atoms with Crippen molar-refractivity contribution in [2.75, 3.05) is 20.1 Å². The van der Waals surface area contributed by atoms with Crippen LogP contribution in [-0.4, -0.2) is 53.8 Å². The molecular formula is C19H28N2O4. The summed E-state index contributed by atoms with van der Waals surface area (Å²) >= 11 is 0. The molecule has 0 radical (unpaired) electrons. The van der Waals surface area contributed by atoms with Gasteiger partial charge in [-0.2, -0.15) is 0 Å². The van der Waals surface area contributed by atoms with Crippen LogP contribution in [0, 0.1) is 0 Å². The highest BCUT2D eigenvalue weighted by Crippen LogP contribution is 2.19. The average Bonchev–Trinajstić information content (AvgIpc) is 2.58. The van der Waals surface area contributed by atoms with E-state index < -0.39 is 5.60 Å². The minimum atomic E-state index is -0.507. The predicted molar refractivity (Wildman–Crippen MR) is 95.2 cm³/mol. The Hall–Kier alpha value is -2.24. The number of piperidine rings is 1. The van der Waals surface area contributed by atoms with Gasteiger partial charge in [0.05, 0.1) is 0 Å². The number of carbonyl (C=O) groups is 2. The molecule has 1 aromatic carbocycles. The van der Waals surface area contributed by atoms with Gasteiger partial charge in [0.25, 0.3) is 0 Å². The molecule has 2 amide bonds. The summed E-state index contributed by atoms with van der Waals surface area (Å²) in [5, 5.41) is 0. The van der Waals surface area contributed by atoms with E-state index >= 15 is 0 Å². The van der Waals surface area contributed by atoms with Crippen LogP contribution in [0.15, 0.2) is 30.3 Å². The Morgan fingerprint density at radius 3 is 2.32 bits per heavy atom. The number of nitrogens with zero attached hydrogens (tertiary/aromatic N) is 2. The quantitative estimate of drug-likeness (QED) is 0.836. The molecule has 0 aromatic heterocycles. The number of hydrogen-bond acceptors (Lipinski definition) is 4. The van der Waals surface area contributed by atoms with Crippen molar-refractivity contribution in [3.63, 3.8) is 0 Å². The Morgan fingerprint density at radius 1 is 1.16 bits per heavy atom. The summed E-state index contributed by atoms with van der Waals surface area (Å²) in [5.74, 6) is 0. The van der Waals surface area contributed by atoms with Gasteiger partial charge < -0.3 is 19.3 Å². The van der Waals surface area contributed by atoms with Gasteiger partial charge in [-0.25, -0.2) is 9.59 Å². The van der Waals surface area contributed by atoms with E-state index in [1.54, 1.807) is 16.8 Å². The van der Waals surface area contributed by atoms with Crippen LogP contribution in [0.4, 0.5) is 9.59 Å². The summed E-state index contributed by atoms with van der Waals surface area (Å²) in [7, 11) is 1.75. The Labute approximate surface area is 149 Å². The van der Waals surface area contributed by atoms with E-state index in [9.17, 15) is 9.59 Å². The van der Waals surface area contributed by atoms with Gasteiger partial charge in [-0.05, 0) is 39.2 Å². The third-order valence-corrected chi connectivity index (χ3v) is 4.16. The van der Waals surface area contributed by atoms with Crippen molar-refractivity contribution in [2.45, 2.75) is 51.9 Å². The lowest BCUT2D eigenvalue weighted by molar-refractivity contribution is 0.0147. The van der Waals surface area contributed by atoms with Gasteiger partial charge in [0.15, 0.2) is 0 Å². The summed E-state index contributed by atoms with van der Waals surface area (Å²) in [5.41, 5.74) is 0.461. The summed E-state index contributed by atoms with van der Waals surface area (Å²) in [6, 6.07) is 9.69. The van der Waals surface area contributed by atoms with E-state index in [0.717, 1.165) is 18.4 Å². The number of amides is 2. The number of hydrogen-bond donors (Lipinski definition) is 0. The van der Waals surface area contributed by atoms with Gasteiger partial charge in [0.2, 0.25) is 0 Å². The van der Waals surface area contributed by atoms with Crippen LogP contribution >= 0.6 is 0 Å². The second-order valence-electron chi connectivity index (χ2n) is 7.35. The van der Waals surface area contributed by atoms with Gasteiger partial charge in [0.1, 0.15) is 12.2 Å². The summed E-state index contributed by atoms with van der Waals surface area (Å²) in [4.78, 5) is 27.6. The molecular weight excluding hydrogens is 320 g/mol. The number of carbonyl (C=O) groups excluding carboxylic acids is 2. The van der Waals surface area contributed by atoms with Gasteiger partial charge in [-0.1, -0.05) is 30.3 Å². The SMILES string of the molecule is CN(C(=O)OC(C)(C)C)C1CCN(C(=O)OCc2ccccc2)CC1. The molecule has 1 saturated heterocycles. The largest absolute Gasteiger partial charge is 0.445 e. The number of rotatable bonds is 3. The minimum Gasteiger partial charge on any atom is -0.445 e. The summed E-state index contributed by atoms with van der Waals surface area (Å²) < 4.78 is 10.8. The third kappa shape index (κ3) is 5.96. The first kappa shape index (κ1) is 19.1. The molecule has 1 heterocycles. The molecule has 2 rings (SSSR count). The molecule has 0 atom stereocenters. The first-order valence-electron chi connectivity index (χ1n) is 8.68. The number of benzene rings is 1. The maximum absolute atomic E-state index is 12.2. The van der Waals surface area contributed by atoms with Crippen molar-refractivity contribution in [3.05, 3.63) is 35.9 Å². The molecule has 0 saturated carbocycles. The molecule has 25 heavy (non-hydrogen) atoms. The fourth-order valence-corrected chi connectivity index (χ4v) is 2.73. The molecule has 0 aliphatic carbocycles. The van der Waals surface area contributed by atoms with Gasteiger partial charge in [-0.15, -0.1) is 0 Å². The van der Waals surface area contributed by atoms with Crippen LogP contribution in [0.1, 0.15) is 39.2 Å². The lowest BCUT2D eigenvalue weighted by Crippen LogP contribution is -2.48. The normalized spacial score (nSPS) is 15.6. The second kappa shape index (κ2) is 8.23. The van der Waals surface area contributed by atoms with Gasteiger partial charge >= 0.3 is 12.2 Å². The first-order chi connectivity index (χ1) is 11.8. The van der Waals surface area contributed by atoms with Crippen LogP contribution in [0.3, 0.4) is 0 Å². The van der Waals surface area contributed by atoms with E-state index in [2.05, 4.69) is 0 Å². The van der Waals surface area contributed by atoms with Gasteiger partial charge in [0, 0.05) is 26.2 Å². The lowest BCUT2D eigenvalue weighted by Gasteiger charge is -2.36. The molecule has 1 aliphatic heterocycles. The van der Waals surface area contributed by atoms with Crippen molar-refractivity contribution in [2.24, 2.45) is 0 Å². The number of ether oxygens (including phenoxy) is 2. The fourth-order valence-electron chi connectivity index (χ4n) is 2.73. The highest BCUT2D eigenvalue weighted by molar-refractivity contribution is 5.69. The zero-order chi connectivity index (χ0) is 18.4. The highest BCUT2D eigenvalue weighted by Gasteiger charge is 2.30. The molecule has 1 aromatic rings. The van der Waals surface area contributed by atoms with Crippen molar-refractivity contribution >= 4 is 12.2 Å². The van der Waals surface area contributed by atoms with Crippen LogP contribution in [-0.2, 0) is 16.1 Å². The van der Waals surface area contributed by atoms with Crippen LogP contribution in [0.5, 0.6) is 0 Å². The van der Waals surface area contributed by atoms with Crippen LogP contribution < -0.4 is 0 Å². The maximum Gasteiger partial charge on any atom is 0.410 e. The highest BCUT2D eigenvalue weighted by atomic mass is 16.6. The van der Waals surface area contributed by atoms with E-state index in [1.807, 2.05) is 51.1 Å². The molecule has 0 N–H and O–H groups in total. The van der Waals surface area contributed by atoms with E-state index in [-0.39, 0.29) is 24.8 Å². The number of likely N-dealkylation sites (tertiary alicyclic amines) is 1. The predicted octanol–water partition coefficient (Wildman–Crippen LogP) is 3.65. The lowest BCUT2D eigenvalue weighted by atomic mass is 10.0. The average molecular weight is 348 g/mol. The summed E-state index contributed by atoms with van der Waals surface area (Å²) in [6.07, 6.45) is 0.812. The summed E-state index contributed by atoms with van der Waals surface area (Å²) in [6.45, 7) is 6.98.